The van der Waals surface area contributed by atoms with Crippen molar-refractivity contribution in [3.63, 3.8) is 0 Å². The van der Waals surface area contributed by atoms with Gasteiger partial charge in [-0.15, -0.1) is 0 Å². The molecule has 0 unspecified atom stereocenters. The van der Waals surface area contributed by atoms with E-state index in [9.17, 15) is 0 Å². The van der Waals surface area contributed by atoms with Gasteiger partial charge in [-0.1, -0.05) is 12.1 Å². The van der Waals surface area contributed by atoms with E-state index in [-0.39, 0.29) is 0 Å². The van der Waals surface area contributed by atoms with Gasteiger partial charge in [0.1, 0.15) is 12.4 Å². The Balaban J connectivity index is 1.56. The molecule has 3 rings (SSSR count). The first-order chi connectivity index (χ1) is 10.3. The number of rotatable bonds is 5. The van der Waals surface area contributed by atoms with Crippen molar-refractivity contribution >= 4 is 5.69 Å². The largest absolute Gasteiger partial charge is 0.490 e. The van der Waals surface area contributed by atoms with Crippen LogP contribution in [0.25, 0.3) is 0 Å². The predicted octanol–water partition coefficient (Wildman–Crippen LogP) is 2.09. The molecule has 0 spiro atoms. The number of anilines is 1. The second-order valence-corrected chi connectivity index (χ2v) is 6.19. The van der Waals surface area contributed by atoms with E-state index >= 15 is 0 Å². The van der Waals surface area contributed by atoms with Crippen LogP contribution in [-0.2, 0) is 0 Å². The summed E-state index contributed by atoms with van der Waals surface area (Å²) in [5.41, 5.74) is 7.23. The maximum absolute atomic E-state index is 6.06. The molecule has 0 amide bonds. The standard InChI is InChI=1S/C17H27N3O/c18-15-7-11-20(12-8-15)16-5-1-2-6-17(16)21-14-13-19-9-3-4-10-19/h1-2,5-6,15H,3-4,7-14,18H2. The summed E-state index contributed by atoms with van der Waals surface area (Å²) in [6, 6.07) is 8.78. The summed E-state index contributed by atoms with van der Waals surface area (Å²) < 4.78 is 6.06. The van der Waals surface area contributed by atoms with Crippen molar-refractivity contribution in [1.29, 1.82) is 0 Å². The molecular formula is C17H27N3O. The molecule has 2 aliphatic rings. The number of benzene rings is 1. The number of likely N-dealkylation sites (tertiary alicyclic amines) is 1. The Labute approximate surface area is 127 Å². The zero-order valence-corrected chi connectivity index (χ0v) is 12.8. The zero-order chi connectivity index (χ0) is 14.5. The molecule has 2 heterocycles. The molecule has 0 atom stereocenters. The summed E-state index contributed by atoms with van der Waals surface area (Å²) >= 11 is 0. The van der Waals surface area contributed by atoms with Crippen LogP contribution in [-0.4, -0.2) is 50.3 Å². The zero-order valence-electron chi connectivity index (χ0n) is 12.8. The van der Waals surface area contributed by atoms with E-state index in [1.807, 2.05) is 0 Å². The van der Waals surface area contributed by atoms with Crippen LogP contribution in [0.1, 0.15) is 25.7 Å². The molecule has 1 aromatic rings. The van der Waals surface area contributed by atoms with Gasteiger partial charge in [0.25, 0.3) is 0 Å². The first-order valence-corrected chi connectivity index (χ1v) is 8.27. The molecule has 0 saturated carbocycles. The van der Waals surface area contributed by atoms with Gasteiger partial charge in [0.15, 0.2) is 0 Å². The summed E-state index contributed by atoms with van der Waals surface area (Å²) in [6.45, 7) is 6.36. The van der Waals surface area contributed by atoms with Crippen molar-refractivity contribution in [3.05, 3.63) is 24.3 Å². The van der Waals surface area contributed by atoms with Crippen LogP contribution in [0.5, 0.6) is 5.75 Å². The number of para-hydroxylation sites is 2. The Morgan fingerprint density at radius 1 is 1.05 bits per heavy atom. The minimum atomic E-state index is 0.365. The van der Waals surface area contributed by atoms with Crippen molar-refractivity contribution in [3.8, 4) is 5.75 Å². The first-order valence-electron chi connectivity index (χ1n) is 8.27. The summed E-state index contributed by atoms with van der Waals surface area (Å²) in [6.07, 6.45) is 4.82. The quantitative estimate of drug-likeness (QED) is 0.901. The van der Waals surface area contributed by atoms with Gasteiger partial charge in [-0.05, 0) is 50.9 Å². The van der Waals surface area contributed by atoms with Crippen molar-refractivity contribution in [1.82, 2.24) is 4.90 Å². The lowest BCUT2D eigenvalue weighted by atomic mass is 10.1. The predicted molar refractivity (Wildman–Crippen MR) is 87.0 cm³/mol. The maximum atomic E-state index is 6.06. The van der Waals surface area contributed by atoms with E-state index < -0.39 is 0 Å². The van der Waals surface area contributed by atoms with Crippen LogP contribution in [0, 0.1) is 0 Å². The summed E-state index contributed by atoms with van der Waals surface area (Å²) in [5.74, 6) is 1.02. The van der Waals surface area contributed by atoms with Crippen molar-refractivity contribution in [2.45, 2.75) is 31.7 Å². The Bertz CT molecular complexity index is 437. The maximum Gasteiger partial charge on any atom is 0.142 e. The third kappa shape index (κ3) is 3.89. The van der Waals surface area contributed by atoms with Crippen molar-refractivity contribution < 1.29 is 4.74 Å². The van der Waals surface area contributed by atoms with Gasteiger partial charge < -0.3 is 15.4 Å². The normalized spacial score (nSPS) is 20.9. The van der Waals surface area contributed by atoms with Gasteiger partial charge in [-0.2, -0.15) is 0 Å². The highest BCUT2D eigenvalue weighted by molar-refractivity contribution is 5.58. The highest BCUT2D eigenvalue weighted by atomic mass is 16.5. The topological polar surface area (TPSA) is 41.7 Å². The first kappa shape index (κ1) is 14.7. The van der Waals surface area contributed by atoms with Crippen molar-refractivity contribution in [2.24, 2.45) is 5.73 Å². The molecule has 0 radical (unpaired) electrons. The van der Waals surface area contributed by atoms with Crippen LogP contribution in [0.15, 0.2) is 24.3 Å². The van der Waals surface area contributed by atoms with E-state index in [0.29, 0.717) is 6.04 Å². The van der Waals surface area contributed by atoms with E-state index in [2.05, 4.69) is 34.1 Å². The number of nitrogens with zero attached hydrogens (tertiary/aromatic N) is 2. The molecule has 0 bridgehead atoms. The van der Waals surface area contributed by atoms with E-state index in [0.717, 1.165) is 44.8 Å². The van der Waals surface area contributed by atoms with Gasteiger partial charge in [-0.3, -0.25) is 4.90 Å². The molecule has 116 valence electrons. The summed E-state index contributed by atoms with van der Waals surface area (Å²) in [7, 11) is 0. The molecular weight excluding hydrogens is 262 g/mol. The number of ether oxygens (including phenoxy) is 1. The number of hydrogen-bond acceptors (Lipinski definition) is 4. The third-order valence-electron chi connectivity index (χ3n) is 4.61. The van der Waals surface area contributed by atoms with Gasteiger partial charge >= 0.3 is 0 Å². The molecule has 2 saturated heterocycles. The molecule has 2 aliphatic heterocycles. The van der Waals surface area contributed by atoms with Crippen LogP contribution in [0.4, 0.5) is 5.69 Å². The number of hydrogen-bond donors (Lipinski definition) is 1. The molecule has 1 aromatic carbocycles. The monoisotopic (exact) mass is 289 g/mol. The average Bonchev–Trinajstić information content (AvgIpc) is 3.02. The van der Waals surface area contributed by atoms with Crippen LogP contribution in [0.3, 0.4) is 0 Å². The molecule has 4 nitrogen and oxygen atoms in total. The third-order valence-corrected chi connectivity index (χ3v) is 4.61. The molecule has 4 heteroatoms. The summed E-state index contributed by atoms with van der Waals surface area (Å²) in [5, 5.41) is 0. The SMILES string of the molecule is NC1CCN(c2ccccc2OCCN2CCCC2)CC1. The average molecular weight is 289 g/mol. The minimum Gasteiger partial charge on any atom is -0.490 e. The van der Waals surface area contributed by atoms with Crippen LogP contribution < -0.4 is 15.4 Å². The highest BCUT2D eigenvalue weighted by Crippen LogP contribution is 2.30. The Morgan fingerprint density at radius 3 is 2.52 bits per heavy atom. The second-order valence-electron chi connectivity index (χ2n) is 6.19. The van der Waals surface area contributed by atoms with Crippen molar-refractivity contribution in [2.75, 3.05) is 44.2 Å². The van der Waals surface area contributed by atoms with Gasteiger partial charge in [0.05, 0.1) is 5.69 Å². The lowest BCUT2D eigenvalue weighted by Gasteiger charge is -2.33. The smallest absolute Gasteiger partial charge is 0.142 e. The number of nitrogens with two attached hydrogens (primary N) is 1. The van der Waals surface area contributed by atoms with Gasteiger partial charge in [0.2, 0.25) is 0 Å². The van der Waals surface area contributed by atoms with E-state index in [1.165, 1.54) is 31.6 Å². The molecule has 2 fully saturated rings. The fraction of sp³-hybridized carbons (Fsp3) is 0.647. The highest BCUT2D eigenvalue weighted by Gasteiger charge is 2.19. The Hall–Kier alpha value is -1.26. The molecule has 0 aromatic heterocycles. The molecule has 2 N–H and O–H groups in total. The summed E-state index contributed by atoms with van der Waals surface area (Å²) in [4.78, 5) is 4.90. The fourth-order valence-corrected chi connectivity index (χ4v) is 3.27. The Kier molecular flexibility index (Phi) is 4.99. The van der Waals surface area contributed by atoms with Crippen LogP contribution in [0.2, 0.25) is 0 Å². The molecule has 21 heavy (non-hydrogen) atoms. The fourth-order valence-electron chi connectivity index (χ4n) is 3.27. The van der Waals surface area contributed by atoms with E-state index in [1.54, 1.807) is 0 Å². The lowest BCUT2D eigenvalue weighted by molar-refractivity contribution is 0.238. The molecule has 0 aliphatic carbocycles. The van der Waals surface area contributed by atoms with Gasteiger partial charge in [0, 0.05) is 25.7 Å². The number of piperidine rings is 1. The second kappa shape index (κ2) is 7.14. The Morgan fingerprint density at radius 2 is 1.76 bits per heavy atom. The minimum absolute atomic E-state index is 0.365. The van der Waals surface area contributed by atoms with Crippen LogP contribution >= 0.6 is 0 Å². The lowest BCUT2D eigenvalue weighted by Crippen LogP contribution is -2.39. The van der Waals surface area contributed by atoms with E-state index in [4.69, 9.17) is 10.5 Å². The van der Waals surface area contributed by atoms with Gasteiger partial charge in [-0.25, -0.2) is 0 Å².